The van der Waals surface area contributed by atoms with E-state index in [1.54, 1.807) is 0 Å². The van der Waals surface area contributed by atoms with E-state index in [-0.39, 0.29) is 0 Å². The Labute approximate surface area is 135 Å². The summed E-state index contributed by atoms with van der Waals surface area (Å²) in [4.78, 5) is 4.71. The van der Waals surface area contributed by atoms with Crippen molar-refractivity contribution in [3.05, 3.63) is 17.0 Å². The highest BCUT2D eigenvalue weighted by molar-refractivity contribution is 5.79. The Morgan fingerprint density at radius 1 is 1.09 bits per heavy atom. The summed E-state index contributed by atoms with van der Waals surface area (Å²) in [6, 6.07) is 0. The summed E-state index contributed by atoms with van der Waals surface area (Å²) < 4.78 is 5.40. The van der Waals surface area contributed by atoms with Gasteiger partial charge in [0.15, 0.2) is 5.96 Å². The Morgan fingerprint density at radius 2 is 1.82 bits per heavy atom. The average Bonchev–Trinajstić information content (AvgIpc) is 2.95. The van der Waals surface area contributed by atoms with Crippen molar-refractivity contribution in [1.82, 2.24) is 15.8 Å². The van der Waals surface area contributed by atoms with E-state index in [4.69, 9.17) is 9.52 Å². The van der Waals surface area contributed by atoms with Crippen LogP contribution in [-0.2, 0) is 19.4 Å². The topological polar surface area (TPSA) is 62.5 Å². The predicted octanol–water partition coefficient (Wildman–Crippen LogP) is 3.29. The fourth-order valence-electron chi connectivity index (χ4n) is 2.43. The summed E-state index contributed by atoms with van der Waals surface area (Å²) in [5, 5.41) is 10.9. The predicted molar refractivity (Wildman–Crippen MR) is 92.1 cm³/mol. The van der Waals surface area contributed by atoms with Crippen LogP contribution in [-0.4, -0.2) is 24.2 Å². The van der Waals surface area contributed by atoms with Gasteiger partial charge >= 0.3 is 0 Å². The molecule has 0 fully saturated rings. The molecule has 0 aromatic carbocycles. The van der Waals surface area contributed by atoms with Crippen LogP contribution in [0.15, 0.2) is 9.52 Å². The second kappa shape index (κ2) is 10.2. The molecule has 0 radical (unpaired) electrons. The van der Waals surface area contributed by atoms with Gasteiger partial charge in [0.05, 0.1) is 12.2 Å². The first-order valence-electron chi connectivity index (χ1n) is 8.68. The maximum absolute atomic E-state index is 5.40. The summed E-state index contributed by atoms with van der Waals surface area (Å²) in [6.07, 6.45) is 4.12. The monoisotopic (exact) mass is 308 g/mol. The maximum atomic E-state index is 5.40. The van der Waals surface area contributed by atoms with Gasteiger partial charge in [0.1, 0.15) is 5.76 Å². The smallest absolute Gasteiger partial charge is 0.191 e. The van der Waals surface area contributed by atoms with Crippen LogP contribution in [0.25, 0.3) is 0 Å². The van der Waals surface area contributed by atoms with Gasteiger partial charge in [-0.3, -0.25) is 0 Å². The lowest BCUT2D eigenvalue weighted by Crippen LogP contribution is -2.39. The Morgan fingerprint density at radius 3 is 2.36 bits per heavy atom. The van der Waals surface area contributed by atoms with Gasteiger partial charge in [0.25, 0.3) is 0 Å². The molecular formula is C17H32N4O. The highest BCUT2D eigenvalue weighted by Gasteiger charge is 2.13. The largest absolute Gasteiger partial charge is 0.361 e. The van der Waals surface area contributed by atoms with E-state index in [2.05, 4.69) is 50.4 Å². The van der Waals surface area contributed by atoms with Crippen molar-refractivity contribution >= 4 is 5.96 Å². The molecule has 0 aliphatic carbocycles. The number of hydrogen-bond donors (Lipinski definition) is 2. The molecule has 22 heavy (non-hydrogen) atoms. The highest BCUT2D eigenvalue weighted by atomic mass is 16.5. The van der Waals surface area contributed by atoms with E-state index in [9.17, 15) is 0 Å². The molecule has 2 N–H and O–H groups in total. The molecule has 1 heterocycles. The number of hydrogen-bond acceptors (Lipinski definition) is 3. The molecule has 5 nitrogen and oxygen atoms in total. The van der Waals surface area contributed by atoms with Crippen LogP contribution < -0.4 is 10.6 Å². The number of aliphatic imine (C=N–C) groups is 1. The summed E-state index contributed by atoms with van der Waals surface area (Å²) in [5.74, 6) is 2.52. The zero-order chi connectivity index (χ0) is 16.4. The van der Waals surface area contributed by atoms with E-state index in [1.165, 1.54) is 12.8 Å². The molecule has 1 aromatic heterocycles. The SMILES string of the molecule is CCNC(=NCc1c(CC)noc1CC)NCC(CC)CC. The second-order valence-corrected chi connectivity index (χ2v) is 5.50. The van der Waals surface area contributed by atoms with E-state index < -0.39 is 0 Å². The third-order valence-electron chi connectivity index (χ3n) is 4.06. The number of aromatic nitrogens is 1. The normalized spacial score (nSPS) is 12.0. The van der Waals surface area contributed by atoms with Crippen molar-refractivity contribution in [1.29, 1.82) is 0 Å². The second-order valence-electron chi connectivity index (χ2n) is 5.50. The van der Waals surface area contributed by atoms with Crippen molar-refractivity contribution in [2.45, 2.75) is 66.8 Å². The fraction of sp³-hybridized carbons (Fsp3) is 0.765. The van der Waals surface area contributed by atoms with Crippen LogP contribution in [0.5, 0.6) is 0 Å². The van der Waals surface area contributed by atoms with Crippen molar-refractivity contribution in [3.8, 4) is 0 Å². The molecule has 1 aromatic rings. The lowest BCUT2D eigenvalue weighted by Gasteiger charge is -2.16. The third-order valence-corrected chi connectivity index (χ3v) is 4.06. The van der Waals surface area contributed by atoms with Crippen molar-refractivity contribution < 1.29 is 4.52 Å². The first-order valence-corrected chi connectivity index (χ1v) is 8.68. The molecule has 0 unspecified atom stereocenters. The molecule has 0 amide bonds. The summed E-state index contributed by atoms with van der Waals surface area (Å²) in [7, 11) is 0. The lowest BCUT2D eigenvalue weighted by atomic mass is 10.0. The molecule has 0 aliphatic rings. The van der Waals surface area contributed by atoms with Crippen LogP contribution in [0, 0.1) is 5.92 Å². The minimum atomic E-state index is 0.619. The van der Waals surface area contributed by atoms with Crippen molar-refractivity contribution in [2.24, 2.45) is 10.9 Å². The average molecular weight is 308 g/mol. The first-order chi connectivity index (χ1) is 10.7. The molecular weight excluding hydrogens is 276 g/mol. The number of aryl methyl sites for hydroxylation is 2. The zero-order valence-corrected chi connectivity index (χ0v) is 14.8. The molecule has 0 bridgehead atoms. The summed E-state index contributed by atoms with van der Waals surface area (Å²) >= 11 is 0. The summed E-state index contributed by atoms with van der Waals surface area (Å²) in [5.41, 5.74) is 2.17. The Balaban J connectivity index is 2.75. The van der Waals surface area contributed by atoms with Crippen LogP contribution in [0.1, 0.15) is 64.5 Å². The van der Waals surface area contributed by atoms with Gasteiger partial charge in [-0.05, 0) is 19.3 Å². The molecule has 0 saturated heterocycles. The van der Waals surface area contributed by atoms with Gasteiger partial charge < -0.3 is 15.2 Å². The molecule has 0 aliphatic heterocycles. The molecule has 1 rings (SSSR count). The van der Waals surface area contributed by atoms with Gasteiger partial charge in [-0.25, -0.2) is 4.99 Å². The van der Waals surface area contributed by atoms with Gasteiger partial charge in [0, 0.05) is 25.1 Å². The molecule has 126 valence electrons. The number of nitrogens with zero attached hydrogens (tertiary/aromatic N) is 2. The van der Waals surface area contributed by atoms with Crippen LogP contribution in [0.4, 0.5) is 0 Å². The van der Waals surface area contributed by atoms with Gasteiger partial charge in [0.2, 0.25) is 0 Å². The standard InChI is InChI=1S/C17H32N4O/c1-6-13(7-2)11-19-17(18-10-5)20-12-14-15(8-3)21-22-16(14)9-4/h13H,6-12H2,1-5H3,(H2,18,19,20). The maximum Gasteiger partial charge on any atom is 0.191 e. The summed E-state index contributed by atoms with van der Waals surface area (Å²) in [6.45, 7) is 13.2. The minimum absolute atomic E-state index is 0.619. The fourth-order valence-corrected chi connectivity index (χ4v) is 2.43. The Kier molecular flexibility index (Phi) is 8.63. The van der Waals surface area contributed by atoms with Crippen LogP contribution >= 0.6 is 0 Å². The van der Waals surface area contributed by atoms with E-state index in [1.807, 2.05) is 0 Å². The van der Waals surface area contributed by atoms with Crippen LogP contribution in [0.3, 0.4) is 0 Å². The Bertz CT molecular complexity index is 428. The lowest BCUT2D eigenvalue weighted by molar-refractivity contribution is 0.380. The minimum Gasteiger partial charge on any atom is -0.361 e. The van der Waals surface area contributed by atoms with Crippen molar-refractivity contribution in [2.75, 3.05) is 13.1 Å². The van der Waals surface area contributed by atoms with Crippen LogP contribution in [0.2, 0.25) is 0 Å². The van der Waals surface area contributed by atoms with E-state index in [0.29, 0.717) is 12.5 Å². The Hall–Kier alpha value is -1.52. The molecule has 0 saturated carbocycles. The number of rotatable bonds is 9. The number of guanidine groups is 1. The van der Waals surface area contributed by atoms with Gasteiger partial charge in [-0.1, -0.05) is 45.7 Å². The quantitative estimate of drug-likeness (QED) is 0.543. The van der Waals surface area contributed by atoms with E-state index >= 15 is 0 Å². The molecule has 0 atom stereocenters. The highest BCUT2D eigenvalue weighted by Crippen LogP contribution is 2.16. The van der Waals surface area contributed by atoms with Gasteiger partial charge in [-0.2, -0.15) is 0 Å². The number of nitrogens with one attached hydrogen (secondary N) is 2. The van der Waals surface area contributed by atoms with E-state index in [0.717, 1.165) is 48.9 Å². The first kappa shape index (κ1) is 18.5. The van der Waals surface area contributed by atoms with Gasteiger partial charge in [-0.15, -0.1) is 0 Å². The zero-order valence-electron chi connectivity index (χ0n) is 14.8. The third kappa shape index (κ3) is 5.35. The molecule has 0 spiro atoms. The molecule has 5 heteroatoms. The van der Waals surface area contributed by atoms with Crippen molar-refractivity contribution in [3.63, 3.8) is 0 Å².